The van der Waals surface area contributed by atoms with Crippen molar-refractivity contribution >= 4 is 22.6 Å². The molecule has 126 valence electrons. The van der Waals surface area contributed by atoms with Gasteiger partial charge < -0.3 is 10.2 Å². The standard InChI is InChI=1S/C20H20N4O/c25-20(21-13-15-7-2-1-3-8-15)18-11-6-12-24(18)19-16-9-4-5-10-17(16)22-14-23-19/h1-5,7-10,14,18H,6,11-13H2,(H,21,25). The van der Waals surface area contributed by atoms with Gasteiger partial charge in [0.15, 0.2) is 0 Å². The average Bonchev–Trinajstić information content (AvgIpc) is 3.16. The van der Waals surface area contributed by atoms with E-state index in [1.165, 1.54) is 0 Å². The van der Waals surface area contributed by atoms with Crippen LogP contribution in [-0.4, -0.2) is 28.5 Å². The quantitative estimate of drug-likeness (QED) is 0.798. The fourth-order valence-corrected chi connectivity index (χ4v) is 3.42. The van der Waals surface area contributed by atoms with Crippen LogP contribution in [0.1, 0.15) is 18.4 Å². The van der Waals surface area contributed by atoms with Crippen LogP contribution < -0.4 is 10.2 Å². The van der Waals surface area contributed by atoms with Gasteiger partial charge in [-0.2, -0.15) is 0 Å². The highest BCUT2D eigenvalue weighted by atomic mass is 16.2. The molecule has 0 saturated carbocycles. The highest BCUT2D eigenvalue weighted by molar-refractivity contribution is 5.93. The maximum absolute atomic E-state index is 12.7. The Kier molecular flexibility index (Phi) is 4.29. The number of amides is 1. The van der Waals surface area contributed by atoms with E-state index in [9.17, 15) is 4.79 Å². The first-order chi connectivity index (χ1) is 12.3. The molecule has 1 N–H and O–H groups in total. The molecule has 1 aromatic heterocycles. The van der Waals surface area contributed by atoms with Gasteiger partial charge in [-0.3, -0.25) is 4.79 Å². The minimum atomic E-state index is -0.179. The summed E-state index contributed by atoms with van der Waals surface area (Å²) in [6, 6.07) is 17.7. The molecule has 1 saturated heterocycles. The van der Waals surface area contributed by atoms with E-state index in [0.29, 0.717) is 6.54 Å². The molecule has 1 atom stereocenters. The van der Waals surface area contributed by atoms with Crippen LogP contribution in [-0.2, 0) is 11.3 Å². The highest BCUT2D eigenvalue weighted by Crippen LogP contribution is 2.29. The average molecular weight is 332 g/mol. The third-order valence-corrected chi connectivity index (χ3v) is 4.66. The zero-order valence-electron chi connectivity index (χ0n) is 13.9. The predicted octanol–water partition coefficient (Wildman–Crippen LogP) is 2.92. The molecule has 5 nitrogen and oxygen atoms in total. The fraction of sp³-hybridized carbons (Fsp3) is 0.250. The van der Waals surface area contributed by atoms with E-state index in [-0.39, 0.29) is 11.9 Å². The van der Waals surface area contributed by atoms with Crippen LogP contribution in [0.5, 0.6) is 0 Å². The van der Waals surface area contributed by atoms with Gasteiger partial charge in [0.2, 0.25) is 5.91 Å². The first-order valence-electron chi connectivity index (χ1n) is 8.61. The minimum absolute atomic E-state index is 0.0593. The van der Waals surface area contributed by atoms with Gasteiger partial charge in [-0.25, -0.2) is 9.97 Å². The van der Waals surface area contributed by atoms with E-state index in [4.69, 9.17) is 0 Å². The van der Waals surface area contributed by atoms with Crippen molar-refractivity contribution in [2.45, 2.75) is 25.4 Å². The lowest BCUT2D eigenvalue weighted by Gasteiger charge is -2.25. The van der Waals surface area contributed by atoms with Gasteiger partial charge in [0, 0.05) is 18.5 Å². The van der Waals surface area contributed by atoms with Gasteiger partial charge in [-0.05, 0) is 30.5 Å². The third-order valence-electron chi connectivity index (χ3n) is 4.66. The molecular formula is C20H20N4O. The molecule has 25 heavy (non-hydrogen) atoms. The molecule has 2 aromatic carbocycles. The summed E-state index contributed by atoms with van der Waals surface area (Å²) in [6.07, 6.45) is 3.41. The molecule has 1 unspecified atom stereocenters. The van der Waals surface area contributed by atoms with Crippen molar-refractivity contribution in [1.29, 1.82) is 0 Å². The molecular weight excluding hydrogens is 312 g/mol. The van der Waals surface area contributed by atoms with Crippen molar-refractivity contribution in [2.24, 2.45) is 0 Å². The van der Waals surface area contributed by atoms with Crippen molar-refractivity contribution in [3.63, 3.8) is 0 Å². The smallest absolute Gasteiger partial charge is 0.243 e. The van der Waals surface area contributed by atoms with Crippen molar-refractivity contribution in [1.82, 2.24) is 15.3 Å². The number of para-hydroxylation sites is 1. The van der Waals surface area contributed by atoms with Crippen LogP contribution in [0.2, 0.25) is 0 Å². The Labute approximate surface area is 146 Å². The molecule has 0 aliphatic carbocycles. The number of carbonyl (C=O) groups is 1. The van der Waals surface area contributed by atoms with Crippen molar-refractivity contribution in [3.8, 4) is 0 Å². The zero-order valence-corrected chi connectivity index (χ0v) is 13.9. The van der Waals surface area contributed by atoms with Gasteiger partial charge in [-0.15, -0.1) is 0 Å². The Morgan fingerprint density at radius 2 is 1.88 bits per heavy atom. The lowest BCUT2D eigenvalue weighted by Crippen LogP contribution is -2.43. The second-order valence-corrected chi connectivity index (χ2v) is 6.27. The summed E-state index contributed by atoms with van der Waals surface area (Å²) in [5, 5.41) is 4.06. The monoisotopic (exact) mass is 332 g/mol. The minimum Gasteiger partial charge on any atom is -0.350 e. The normalized spacial score (nSPS) is 17.0. The second kappa shape index (κ2) is 6.89. The Morgan fingerprint density at radius 1 is 1.08 bits per heavy atom. The van der Waals surface area contributed by atoms with Crippen LogP contribution in [0.25, 0.3) is 10.9 Å². The number of aromatic nitrogens is 2. The predicted molar refractivity (Wildman–Crippen MR) is 98.2 cm³/mol. The van der Waals surface area contributed by atoms with E-state index in [1.807, 2.05) is 54.6 Å². The van der Waals surface area contributed by atoms with E-state index in [1.54, 1.807) is 6.33 Å². The molecule has 0 spiro atoms. The third kappa shape index (κ3) is 3.18. The summed E-state index contributed by atoms with van der Waals surface area (Å²) < 4.78 is 0. The topological polar surface area (TPSA) is 58.1 Å². The Hall–Kier alpha value is -2.95. The highest BCUT2D eigenvalue weighted by Gasteiger charge is 2.32. The molecule has 1 aliphatic heterocycles. The molecule has 0 bridgehead atoms. The van der Waals surface area contributed by atoms with Gasteiger partial charge in [0.25, 0.3) is 0 Å². The van der Waals surface area contributed by atoms with Gasteiger partial charge in [0.1, 0.15) is 18.2 Å². The number of hydrogen-bond donors (Lipinski definition) is 1. The number of carbonyl (C=O) groups excluding carboxylic acids is 1. The lowest BCUT2D eigenvalue weighted by molar-refractivity contribution is -0.122. The van der Waals surface area contributed by atoms with Gasteiger partial charge in [-0.1, -0.05) is 42.5 Å². The van der Waals surface area contributed by atoms with Gasteiger partial charge >= 0.3 is 0 Å². The summed E-state index contributed by atoms with van der Waals surface area (Å²) in [7, 11) is 0. The Balaban J connectivity index is 1.54. The van der Waals surface area contributed by atoms with Crippen molar-refractivity contribution in [2.75, 3.05) is 11.4 Å². The molecule has 4 rings (SSSR count). The number of anilines is 1. The van der Waals surface area contributed by atoms with Gasteiger partial charge in [0.05, 0.1) is 5.52 Å². The van der Waals surface area contributed by atoms with E-state index < -0.39 is 0 Å². The van der Waals surface area contributed by atoms with Crippen LogP contribution in [0, 0.1) is 0 Å². The SMILES string of the molecule is O=C(NCc1ccccc1)C1CCCN1c1ncnc2ccccc12. The fourth-order valence-electron chi connectivity index (χ4n) is 3.42. The summed E-state index contributed by atoms with van der Waals surface area (Å²) in [4.78, 5) is 23.7. The van der Waals surface area contributed by atoms with E-state index >= 15 is 0 Å². The van der Waals surface area contributed by atoms with E-state index in [2.05, 4.69) is 20.2 Å². The number of nitrogens with one attached hydrogen (secondary N) is 1. The van der Waals surface area contributed by atoms with E-state index in [0.717, 1.165) is 41.7 Å². The first-order valence-corrected chi connectivity index (χ1v) is 8.61. The van der Waals surface area contributed by atoms with Crippen LogP contribution >= 0.6 is 0 Å². The second-order valence-electron chi connectivity index (χ2n) is 6.27. The number of nitrogens with zero attached hydrogens (tertiary/aromatic N) is 3. The largest absolute Gasteiger partial charge is 0.350 e. The number of hydrogen-bond acceptors (Lipinski definition) is 4. The molecule has 5 heteroatoms. The zero-order chi connectivity index (χ0) is 17.1. The maximum Gasteiger partial charge on any atom is 0.243 e. The molecule has 1 fully saturated rings. The first kappa shape index (κ1) is 15.6. The Bertz CT molecular complexity index is 876. The van der Waals surface area contributed by atoms with Crippen molar-refractivity contribution in [3.05, 3.63) is 66.5 Å². The van der Waals surface area contributed by atoms with Crippen LogP contribution in [0.15, 0.2) is 60.9 Å². The number of fused-ring (bicyclic) bond motifs is 1. The summed E-state index contributed by atoms with van der Waals surface area (Å²) in [5.74, 6) is 0.909. The molecule has 2 heterocycles. The molecule has 1 amide bonds. The molecule has 3 aromatic rings. The lowest BCUT2D eigenvalue weighted by atomic mass is 10.1. The summed E-state index contributed by atoms with van der Waals surface area (Å²) >= 11 is 0. The molecule has 0 radical (unpaired) electrons. The Morgan fingerprint density at radius 3 is 2.76 bits per heavy atom. The summed E-state index contributed by atoms with van der Waals surface area (Å²) in [5.41, 5.74) is 2.01. The number of rotatable bonds is 4. The molecule has 1 aliphatic rings. The summed E-state index contributed by atoms with van der Waals surface area (Å²) in [6.45, 7) is 1.39. The van der Waals surface area contributed by atoms with Crippen molar-refractivity contribution < 1.29 is 4.79 Å². The maximum atomic E-state index is 12.7. The van der Waals surface area contributed by atoms with Crippen LogP contribution in [0.4, 0.5) is 5.82 Å². The number of benzene rings is 2. The van der Waals surface area contributed by atoms with Crippen LogP contribution in [0.3, 0.4) is 0 Å².